The van der Waals surface area contributed by atoms with Gasteiger partial charge in [-0.2, -0.15) is 0 Å². The lowest BCUT2D eigenvalue weighted by atomic mass is 9.88. The van der Waals surface area contributed by atoms with Gasteiger partial charge in [-0.3, -0.25) is 0 Å². The first kappa shape index (κ1) is 14.6. The van der Waals surface area contributed by atoms with Crippen molar-refractivity contribution in [2.24, 2.45) is 5.92 Å². The largest absolute Gasteiger partial charge is 0.461 e. The number of fused-ring (bicyclic) bond motifs is 1. The Morgan fingerprint density at radius 3 is 2.76 bits per heavy atom. The summed E-state index contributed by atoms with van der Waals surface area (Å²) < 4.78 is 11.9. The summed E-state index contributed by atoms with van der Waals surface area (Å²) in [6.45, 7) is 8.29. The molecule has 1 aromatic carbocycles. The number of furan rings is 1. The lowest BCUT2D eigenvalue weighted by Crippen LogP contribution is -2.29. The van der Waals surface area contributed by atoms with Crippen LogP contribution in [0, 0.1) is 5.92 Å². The van der Waals surface area contributed by atoms with Crippen LogP contribution in [0.3, 0.4) is 0 Å². The predicted octanol–water partition coefficient (Wildman–Crippen LogP) is 4.07. The van der Waals surface area contributed by atoms with E-state index < -0.39 is 0 Å². The minimum Gasteiger partial charge on any atom is -0.461 e. The Kier molecular flexibility index (Phi) is 4.32. The summed E-state index contributed by atoms with van der Waals surface area (Å²) in [7, 11) is 0. The van der Waals surface area contributed by atoms with Crippen LogP contribution in [0.25, 0.3) is 11.0 Å². The summed E-state index contributed by atoms with van der Waals surface area (Å²) in [6, 6.07) is 8.69. The van der Waals surface area contributed by atoms with Crippen LogP contribution in [-0.2, 0) is 11.2 Å². The van der Waals surface area contributed by atoms with Gasteiger partial charge in [-0.1, -0.05) is 32.0 Å². The van der Waals surface area contributed by atoms with Crippen LogP contribution in [-0.4, -0.2) is 19.3 Å². The molecule has 0 amide bonds. The monoisotopic (exact) mass is 287 g/mol. The number of benzene rings is 1. The van der Waals surface area contributed by atoms with Crippen LogP contribution in [0.2, 0.25) is 0 Å². The average Bonchev–Trinajstić information content (AvgIpc) is 3.08. The van der Waals surface area contributed by atoms with E-state index in [2.05, 4.69) is 44.3 Å². The topological polar surface area (TPSA) is 34.4 Å². The molecule has 2 aromatic rings. The van der Waals surface area contributed by atoms with Crippen molar-refractivity contribution in [1.82, 2.24) is 5.32 Å². The van der Waals surface area contributed by atoms with Crippen molar-refractivity contribution in [2.45, 2.75) is 45.8 Å². The second-order valence-corrected chi connectivity index (χ2v) is 5.96. The van der Waals surface area contributed by atoms with Gasteiger partial charge in [0.25, 0.3) is 0 Å². The average molecular weight is 287 g/mol. The van der Waals surface area contributed by atoms with Gasteiger partial charge in [0.1, 0.15) is 11.3 Å². The van der Waals surface area contributed by atoms with Crippen LogP contribution in [0.15, 0.2) is 28.7 Å². The second-order valence-electron chi connectivity index (χ2n) is 5.96. The highest BCUT2D eigenvalue weighted by Gasteiger charge is 2.33. The summed E-state index contributed by atoms with van der Waals surface area (Å²) >= 11 is 0. The number of ether oxygens (including phenoxy) is 1. The molecule has 3 rings (SSSR count). The molecule has 3 unspecified atom stereocenters. The number of aryl methyl sites for hydroxylation is 1. The summed E-state index contributed by atoms with van der Waals surface area (Å²) in [6.07, 6.45) is 2.40. The lowest BCUT2D eigenvalue weighted by molar-refractivity contribution is 0.117. The Hall–Kier alpha value is -1.32. The second kappa shape index (κ2) is 6.20. The molecule has 0 bridgehead atoms. The number of rotatable bonds is 5. The van der Waals surface area contributed by atoms with Gasteiger partial charge in [0.2, 0.25) is 0 Å². The lowest BCUT2D eigenvalue weighted by Gasteiger charge is -2.24. The van der Waals surface area contributed by atoms with Gasteiger partial charge in [-0.05, 0) is 26.0 Å². The molecule has 0 saturated carbocycles. The molecule has 1 aliphatic rings. The molecule has 0 radical (unpaired) electrons. The molecule has 0 aliphatic carbocycles. The number of hydrogen-bond donors (Lipinski definition) is 1. The van der Waals surface area contributed by atoms with Gasteiger partial charge in [0.15, 0.2) is 0 Å². The highest BCUT2D eigenvalue weighted by molar-refractivity contribution is 5.82. The smallest absolute Gasteiger partial charge is 0.134 e. The molecule has 2 heterocycles. The standard InChI is InChI=1S/C18H25NO2/c1-4-15-17(14-8-6-7-9-16(14)21-15)18(19-5-2)13-10-12(3)20-11-13/h6-9,12-13,18-19H,4-5,10-11H2,1-3H3. The third-order valence-corrected chi connectivity index (χ3v) is 4.47. The fourth-order valence-corrected chi connectivity index (χ4v) is 3.53. The molecule has 1 fully saturated rings. The molecule has 1 N–H and O–H groups in total. The fraction of sp³-hybridized carbons (Fsp3) is 0.556. The maximum absolute atomic E-state index is 6.08. The molecule has 1 aliphatic heterocycles. The number of para-hydroxylation sites is 1. The van der Waals surface area contributed by atoms with Crippen molar-refractivity contribution in [3.8, 4) is 0 Å². The van der Waals surface area contributed by atoms with E-state index in [1.165, 1.54) is 10.9 Å². The minimum absolute atomic E-state index is 0.318. The van der Waals surface area contributed by atoms with Crippen molar-refractivity contribution < 1.29 is 9.15 Å². The van der Waals surface area contributed by atoms with Gasteiger partial charge < -0.3 is 14.5 Å². The van der Waals surface area contributed by atoms with Gasteiger partial charge in [0.05, 0.1) is 12.7 Å². The van der Waals surface area contributed by atoms with Crippen LogP contribution >= 0.6 is 0 Å². The van der Waals surface area contributed by atoms with Crippen LogP contribution in [0.5, 0.6) is 0 Å². The van der Waals surface area contributed by atoms with E-state index in [9.17, 15) is 0 Å². The Morgan fingerprint density at radius 1 is 1.29 bits per heavy atom. The highest BCUT2D eigenvalue weighted by atomic mass is 16.5. The fourth-order valence-electron chi connectivity index (χ4n) is 3.53. The Bertz CT molecular complexity index is 604. The van der Waals surface area contributed by atoms with Crippen molar-refractivity contribution >= 4 is 11.0 Å². The maximum Gasteiger partial charge on any atom is 0.134 e. The van der Waals surface area contributed by atoms with E-state index in [4.69, 9.17) is 9.15 Å². The molecular weight excluding hydrogens is 262 g/mol. The first-order chi connectivity index (χ1) is 10.2. The van der Waals surface area contributed by atoms with E-state index >= 15 is 0 Å². The SMILES string of the molecule is CCNC(c1c(CC)oc2ccccc12)C1COC(C)C1. The van der Waals surface area contributed by atoms with Crippen molar-refractivity contribution in [3.63, 3.8) is 0 Å². The zero-order valence-electron chi connectivity index (χ0n) is 13.2. The zero-order chi connectivity index (χ0) is 14.8. The van der Waals surface area contributed by atoms with Crippen molar-refractivity contribution in [3.05, 3.63) is 35.6 Å². The van der Waals surface area contributed by atoms with Crippen molar-refractivity contribution in [2.75, 3.05) is 13.2 Å². The molecular formula is C18H25NO2. The molecule has 21 heavy (non-hydrogen) atoms. The molecule has 3 atom stereocenters. The van der Waals surface area contributed by atoms with Crippen molar-refractivity contribution in [1.29, 1.82) is 0 Å². The normalized spacial score (nSPS) is 23.8. The maximum atomic E-state index is 6.08. The van der Waals surface area contributed by atoms with Gasteiger partial charge in [-0.15, -0.1) is 0 Å². The van der Waals surface area contributed by atoms with Crippen LogP contribution in [0.1, 0.15) is 44.6 Å². The van der Waals surface area contributed by atoms with E-state index in [-0.39, 0.29) is 0 Å². The molecule has 114 valence electrons. The Balaban J connectivity index is 2.05. The third-order valence-electron chi connectivity index (χ3n) is 4.47. The molecule has 1 saturated heterocycles. The van der Waals surface area contributed by atoms with Crippen LogP contribution in [0.4, 0.5) is 0 Å². The first-order valence-electron chi connectivity index (χ1n) is 8.09. The summed E-state index contributed by atoms with van der Waals surface area (Å²) in [5, 5.41) is 4.92. The molecule has 3 nitrogen and oxygen atoms in total. The quantitative estimate of drug-likeness (QED) is 0.900. The zero-order valence-corrected chi connectivity index (χ0v) is 13.2. The highest BCUT2D eigenvalue weighted by Crippen LogP contribution is 2.38. The summed E-state index contributed by atoms with van der Waals surface area (Å²) in [5.74, 6) is 1.63. The van der Waals surface area contributed by atoms with E-state index in [1.54, 1.807) is 0 Å². The summed E-state index contributed by atoms with van der Waals surface area (Å²) in [4.78, 5) is 0. The van der Waals surface area contributed by atoms with E-state index in [1.807, 2.05) is 6.07 Å². The molecule has 3 heteroatoms. The van der Waals surface area contributed by atoms with E-state index in [0.29, 0.717) is 18.1 Å². The Morgan fingerprint density at radius 2 is 2.10 bits per heavy atom. The molecule has 1 aromatic heterocycles. The van der Waals surface area contributed by atoms with Gasteiger partial charge >= 0.3 is 0 Å². The number of nitrogens with one attached hydrogen (secondary N) is 1. The molecule has 0 spiro atoms. The van der Waals surface area contributed by atoms with Gasteiger partial charge in [-0.25, -0.2) is 0 Å². The van der Waals surface area contributed by atoms with E-state index in [0.717, 1.165) is 37.3 Å². The Labute approximate surface area is 126 Å². The first-order valence-corrected chi connectivity index (χ1v) is 8.09. The number of hydrogen-bond acceptors (Lipinski definition) is 3. The summed E-state index contributed by atoms with van der Waals surface area (Å²) in [5.41, 5.74) is 2.34. The minimum atomic E-state index is 0.318. The third kappa shape index (κ3) is 2.72. The van der Waals surface area contributed by atoms with Gasteiger partial charge in [0, 0.05) is 29.3 Å². The predicted molar refractivity (Wildman–Crippen MR) is 85.5 cm³/mol. The van der Waals surface area contributed by atoms with Crippen LogP contribution < -0.4 is 5.32 Å².